The first-order chi connectivity index (χ1) is 14.3. The molecule has 0 radical (unpaired) electrons. The lowest BCUT2D eigenvalue weighted by molar-refractivity contribution is -0.154. The molecule has 1 atom stereocenters. The van der Waals surface area contributed by atoms with Gasteiger partial charge >= 0.3 is 11.7 Å². The van der Waals surface area contributed by atoms with Gasteiger partial charge in [-0.05, 0) is 38.8 Å². The van der Waals surface area contributed by atoms with Crippen molar-refractivity contribution in [2.75, 3.05) is 18.9 Å². The molecule has 30 heavy (non-hydrogen) atoms. The number of nitrogen functional groups attached to an aromatic ring is 1. The minimum atomic E-state index is -0.557. The molecule has 0 fully saturated rings. The zero-order chi connectivity index (χ0) is 22.0. The molecule has 1 aromatic carbocycles. The third-order valence-electron chi connectivity index (χ3n) is 4.33. The van der Waals surface area contributed by atoms with Crippen molar-refractivity contribution < 1.29 is 19.0 Å². The van der Waals surface area contributed by atoms with E-state index in [1.807, 2.05) is 30.3 Å². The van der Waals surface area contributed by atoms with Gasteiger partial charge in [-0.25, -0.2) is 4.79 Å². The van der Waals surface area contributed by atoms with Gasteiger partial charge in [-0.3, -0.25) is 9.36 Å². The zero-order valence-electron chi connectivity index (χ0n) is 17.9. The van der Waals surface area contributed by atoms with Crippen molar-refractivity contribution in [1.82, 2.24) is 9.55 Å². The number of rotatable bonds is 11. The number of carbonyl (C=O) groups is 1. The third-order valence-corrected chi connectivity index (χ3v) is 4.33. The third kappa shape index (κ3) is 8.34. The summed E-state index contributed by atoms with van der Waals surface area (Å²) < 4.78 is 18.3. The highest BCUT2D eigenvalue weighted by Crippen LogP contribution is 2.16. The van der Waals surface area contributed by atoms with Gasteiger partial charge in [0, 0.05) is 19.2 Å². The van der Waals surface area contributed by atoms with Crippen molar-refractivity contribution in [3.63, 3.8) is 0 Å². The maximum absolute atomic E-state index is 12.0. The lowest BCUT2D eigenvalue weighted by Gasteiger charge is -2.21. The van der Waals surface area contributed by atoms with Gasteiger partial charge in [0.25, 0.3) is 0 Å². The molecule has 0 amide bonds. The van der Waals surface area contributed by atoms with E-state index in [4.69, 9.17) is 19.9 Å². The quantitative estimate of drug-likeness (QED) is 0.443. The van der Waals surface area contributed by atoms with Crippen LogP contribution in [0.3, 0.4) is 0 Å². The second kappa shape index (κ2) is 11.5. The summed E-state index contributed by atoms with van der Waals surface area (Å²) in [5, 5.41) is 0. The molecule has 0 aliphatic carbocycles. The van der Waals surface area contributed by atoms with Crippen LogP contribution in [0.25, 0.3) is 0 Å². The van der Waals surface area contributed by atoms with E-state index in [1.54, 1.807) is 20.8 Å². The maximum Gasteiger partial charge on any atom is 0.351 e. The number of esters is 1. The molecule has 0 aliphatic heterocycles. The summed E-state index contributed by atoms with van der Waals surface area (Å²) in [6, 6.07) is 11.4. The molecule has 2 rings (SSSR count). The van der Waals surface area contributed by atoms with Gasteiger partial charge in [-0.15, -0.1) is 0 Å². The summed E-state index contributed by atoms with van der Waals surface area (Å²) in [6.45, 7) is 6.66. The molecule has 0 saturated carbocycles. The van der Waals surface area contributed by atoms with Crippen molar-refractivity contribution in [2.45, 2.75) is 53.1 Å². The van der Waals surface area contributed by atoms with E-state index in [2.05, 4.69) is 4.98 Å². The first-order valence-electron chi connectivity index (χ1n) is 9.99. The van der Waals surface area contributed by atoms with E-state index in [0.29, 0.717) is 26.1 Å². The smallest absolute Gasteiger partial charge is 0.351 e. The molecule has 0 spiro atoms. The fourth-order valence-electron chi connectivity index (χ4n) is 2.52. The summed E-state index contributed by atoms with van der Waals surface area (Å²) in [7, 11) is 0. The highest BCUT2D eigenvalue weighted by molar-refractivity contribution is 5.75. The molecule has 1 aromatic heterocycles. The Morgan fingerprint density at radius 1 is 1.13 bits per heavy atom. The van der Waals surface area contributed by atoms with Crippen LogP contribution in [0.15, 0.2) is 47.4 Å². The number of nitrogens with zero attached hydrogens (tertiary/aromatic N) is 2. The number of ether oxygens (including phenoxy) is 3. The van der Waals surface area contributed by atoms with Crippen LogP contribution in [0, 0.1) is 5.41 Å². The Morgan fingerprint density at radius 2 is 1.83 bits per heavy atom. The summed E-state index contributed by atoms with van der Waals surface area (Å²) >= 11 is 0. The van der Waals surface area contributed by atoms with E-state index < -0.39 is 11.1 Å². The number of aromatic nitrogens is 2. The van der Waals surface area contributed by atoms with Crippen LogP contribution in [-0.4, -0.2) is 34.8 Å². The van der Waals surface area contributed by atoms with E-state index in [1.165, 1.54) is 16.8 Å². The minimum Gasteiger partial charge on any atom is -0.465 e. The van der Waals surface area contributed by atoms with Gasteiger partial charge in [-0.1, -0.05) is 30.3 Å². The molecule has 164 valence electrons. The van der Waals surface area contributed by atoms with E-state index in [-0.39, 0.29) is 31.2 Å². The second-order valence-corrected chi connectivity index (χ2v) is 8.02. The monoisotopic (exact) mass is 417 g/mol. The average Bonchev–Trinajstić information content (AvgIpc) is 2.69. The van der Waals surface area contributed by atoms with E-state index >= 15 is 0 Å². The molecule has 0 aliphatic rings. The van der Waals surface area contributed by atoms with E-state index in [0.717, 1.165) is 5.56 Å². The normalized spacial score (nSPS) is 12.5. The van der Waals surface area contributed by atoms with Gasteiger partial charge < -0.3 is 19.9 Å². The number of anilines is 1. The summed E-state index contributed by atoms with van der Waals surface area (Å²) in [6.07, 6.45) is 2.37. The van der Waals surface area contributed by atoms with Crippen molar-refractivity contribution in [3.8, 4) is 0 Å². The lowest BCUT2D eigenvalue weighted by atomic mass is 9.97. The number of hydrogen-bond acceptors (Lipinski definition) is 7. The molecule has 1 unspecified atom stereocenters. The van der Waals surface area contributed by atoms with Crippen LogP contribution < -0.4 is 11.4 Å². The topological polar surface area (TPSA) is 106 Å². The van der Waals surface area contributed by atoms with Crippen LogP contribution in [0.4, 0.5) is 5.82 Å². The Labute approximate surface area is 177 Å². The average molecular weight is 418 g/mol. The fourth-order valence-corrected chi connectivity index (χ4v) is 2.52. The first-order valence-corrected chi connectivity index (χ1v) is 9.99. The maximum atomic E-state index is 12.0. The van der Waals surface area contributed by atoms with Gasteiger partial charge in [0.15, 0.2) is 0 Å². The number of benzene rings is 1. The molecule has 0 saturated heterocycles. The van der Waals surface area contributed by atoms with Gasteiger partial charge in [0.2, 0.25) is 0 Å². The highest BCUT2D eigenvalue weighted by atomic mass is 16.5. The number of carbonyl (C=O) groups excluding carboxylic acids is 1. The van der Waals surface area contributed by atoms with Gasteiger partial charge in [0.1, 0.15) is 12.5 Å². The summed E-state index contributed by atoms with van der Waals surface area (Å²) in [4.78, 5) is 27.5. The number of hydrogen-bond donors (Lipinski definition) is 1. The molecular formula is C22H31N3O5. The summed E-state index contributed by atoms with van der Waals surface area (Å²) in [5.74, 6) is -0.100. The van der Waals surface area contributed by atoms with Crippen molar-refractivity contribution >= 4 is 11.8 Å². The molecule has 8 heteroatoms. The Morgan fingerprint density at radius 3 is 2.50 bits per heavy atom. The fraction of sp³-hybridized carbons (Fsp3) is 0.500. The van der Waals surface area contributed by atoms with Gasteiger partial charge in [-0.2, -0.15) is 4.98 Å². The van der Waals surface area contributed by atoms with Crippen LogP contribution in [0.1, 0.15) is 39.2 Å². The Hall–Kier alpha value is -2.71. The van der Waals surface area contributed by atoms with Gasteiger partial charge in [0.05, 0.1) is 24.7 Å². The number of nitrogens with two attached hydrogens (primary N) is 1. The minimum absolute atomic E-state index is 0.0304. The SMILES string of the molecule is CC(C)(C)C(=O)OCCC(CCOCc1ccccc1)OCn1ccc(N)nc1=O. The van der Waals surface area contributed by atoms with Crippen LogP contribution >= 0.6 is 0 Å². The second-order valence-electron chi connectivity index (χ2n) is 8.02. The van der Waals surface area contributed by atoms with Crippen molar-refractivity contribution in [1.29, 1.82) is 0 Å². The Kier molecular flexibility index (Phi) is 9.01. The van der Waals surface area contributed by atoms with Crippen LogP contribution in [0.2, 0.25) is 0 Å². The van der Waals surface area contributed by atoms with Crippen LogP contribution in [0.5, 0.6) is 0 Å². The van der Waals surface area contributed by atoms with Crippen molar-refractivity contribution in [2.24, 2.45) is 5.41 Å². The summed E-state index contributed by atoms with van der Waals surface area (Å²) in [5.41, 5.74) is 5.57. The molecule has 2 aromatic rings. The molecular weight excluding hydrogens is 386 g/mol. The standard InChI is InChI=1S/C22H31N3O5/c1-22(2,3)20(26)29-14-11-18(10-13-28-15-17-7-5-4-6-8-17)30-16-25-12-9-19(23)24-21(25)27/h4-9,12,18H,10-11,13-16H2,1-3H3,(H2,23,24,27). The first kappa shape index (κ1) is 23.6. The van der Waals surface area contributed by atoms with Crippen molar-refractivity contribution in [3.05, 3.63) is 58.6 Å². The van der Waals surface area contributed by atoms with Crippen LogP contribution in [-0.2, 0) is 32.3 Å². The largest absolute Gasteiger partial charge is 0.465 e. The predicted octanol–water partition coefficient (Wildman–Crippen LogP) is 2.75. The molecule has 0 bridgehead atoms. The predicted molar refractivity (Wildman–Crippen MR) is 114 cm³/mol. The Balaban J connectivity index is 1.86. The molecule has 2 N–H and O–H groups in total. The molecule has 1 heterocycles. The highest BCUT2D eigenvalue weighted by Gasteiger charge is 2.23. The van der Waals surface area contributed by atoms with E-state index in [9.17, 15) is 9.59 Å². The lowest BCUT2D eigenvalue weighted by Crippen LogP contribution is -2.28. The zero-order valence-corrected chi connectivity index (χ0v) is 17.9. The Bertz CT molecular complexity index is 846. The molecule has 8 nitrogen and oxygen atoms in total.